The Kier molecular flexibility index (Phi) is 21.0. The molecule has 250 valence electrons. The van der Waals surface area contributed by atoms with E-state index in [-0.39, 0.29) is 31.1 Å². The van der Waals surface area contributed by atoms with Crippen LogP contribution in [-0.4, -0.2) is 74.7 Å². The van der Waals surface area contributed by atoms with Crippen molar-refractivity contribution in [2.75, 3.05) is 13.2 Å². The van der Waals surface area contributed by atoms with Gasteiger partial charge in [-0.1, -0.05) is 95.9 Å². The SMILES string of the molecule is CCCCCCCCCC(=O)OC[C@H](COP(=O)(O)O)OC(=O)C/C=C\C[C@H]1[C@@H](/C=C/[C@H](O)CCCCC)[C@H](O)C[C@@H]1O. The highest BCUT2D eigenvalue weighted by Gasteiger charge is 2.39. The van der Waals surface area contributed by atoms with Gasteiger partial charge in [-0.25, -0.2) is 4.57 Å². The van der Waals surface area contributed by atoms with Crippen molar-refractivity contribution in [3.63, 3.8) is 0 Å². The molecule has 0 aromatic carbocycles. The molecule has 12 heteroatoms. The smallest absolute Gasteiger partial charge is 0.462 e. The van der Waals surface area contributed by atoms with Gasteiger partial charge in [0, 0.05) is 18.8 Å². The standard InChI is InChI=1S/C31H55O11P/c1-3-5-7-8-9-10-12-17-30(35)40-22-25(23-41-43(37,38)39)42-31(36)18-14-13-16-26-27(29(34)21-28(26)33)20-19-24(32)15-11-6-4-2/h13-14,19-20,24-29,32-34H,3-12,15-18,21-23H2,1-2H3,(H2,37,38,39)/b14-13-,20-19+/t24-,25-,26+,27-,28+,29-/m1/s1. The predicted molar refractivity (Wildman–Crippen MR) is 163 cm³/mol. The third-order valence-electron chi connectivity index (χ3n) is 7.58. The summed E-state index contributed by atoms with van der Waals surface area (Å²) in [7, 11) is -4.83. The molecule has 1 rings (SSSR count). The fourth-order valence-electron chi connectivity index (χ4n) is 5.11. The number of esters is 2. The fraction of sp³-hybridized carbons (Fsp3) is 0.806. The van der Waals surface area contributed by atoms with Crippen LogP contribution in [0.3, 0.4) is 0 Å². The number of unbranched alkanes of at least 4 members (excludes halogenated alkanes) is 8. The molecule has 0 aromatic rings. The maximum atomic E-state index is 12.4. The molecule has 0 unspecified atom stereocenters. The number of allylic oxidation sites excluding steroid dienone is 1. The molecule has 0 amide bonds. The first-order valence-corrected chi connectivity index (χ1v) is 17.4. The first-order valence-electron chi connectivity index (χ1n) is 15.9. The molecule has 1 saturated carbocycles. The Hall–Kier alpha value is -1.59. The van der Waals surface area contributed by atoms with Crippen molar-refractivity contribution < 1.29 is 53.3 Å². The van der Waals surface area contributed by atoms with Crippen molar-refractivity contribution in [2.45, 2.75) is 135 Å². The van der Waals surface area contributed by atoms with Gasteiger partial charge in [-0.2, -0.15) is 0 Å². The molecule has 43 heavy (non-hydrogen) atoms. The molecule has 0 saturated heterocycles. The number of aliphatic hydroxyl groups excluding tert-OH is 3. The van der Waals surface area contributed by atoms with Gasteiger partial charge in [-0.05, 0) is 25.2 Å². The van der Waals surface area contributed by atoms with E-state index in [0.29, 0.717) is 19.3 Å². The predicted octanol–water partition coefficient (Wildman–Crippen LogP) is 4.88. The Morgan fingerprint density at radius 2 is 1.53 bits per heavy atom. The number of carbonyl (C=O) groups is 2. The minimum Gasteiger partial charge on any atom is -0.462 e. The number of phosphoric acid groups is 1. The Bertz CT molecular complexity index is 872. The topological polar surface area (TPSA) is 180 Å². The largest absolute Gasteiger partial charge is 0.469 e. The Labute approximate surface area is 256 Å². The van der Waals surface area contributed by atoms with E-state index in [4.69, 9.17) is 19.3 Å². The molecule has 0 bridgehead atoms. The lowest BCUT2D eigenvalue weighted by Crippen LogP contribution is -2.29. The van der Waals surface area contributed by atoms with Gasteiger partial charge in [0.25, 0.3) is 0 Å². The summed E-state index contributed by atoms with van der Waals surface area (Å²) in [4.78, 5) is 42.6. The van der Waals surface area contributed by atoms with Crippen LogP contribution in [0.5, 0.6) is 0 Å². The van der Waals surface area contributed by atoms with Crippen molar-refractivity contribution in [2.24, 2.45) is 11.8 Å². The van der Waals surface area contributed by atoms with E-state index in [0.717, 1.165) is 38.5 Å². The van der Waals surface area contributed by atoms with Crippen LogP contribution in [0.4, 0.5) is 0 Å². The average molecular weight is 635 g/mol. The van der Waals surface area contributed by atoms with Crippen molar-refractivity contribution in [3.8, 4) is 0 Å². The van der Waals surface area contributed by atoms with E-state index < -0.39 is 57.4 Å². The molecule has 5 N–H and O–H groups in total. The molecule has 0 aromatic heterocycles. The molecular formula is C31H55O11P. The molecule has 0 aliphatic heterocycles. The number of hydrogen-bond donors (Lipinski definition) is 5. The zero-order valence-electron chi connectivity index (χ0n) is 25.9. The highest BCUT2D eigenvalue weighted by Crippen LogP contribution is 2.37. The summed E-state index contributed by atoms with van der Waals surface area (Å²) in [5.41, 5.74) is 0. The van der Waals surface area contributed by atoms with Crippen molar-refractivity contribution in [1.29, 1.82) is 0 Å². The van der Waals surface area contributed by atoms with Crippen molar-refractivity contribution in [3.05, 3.63) is 24.3 Å². The summed E-state index contributed by atoms with van der Waals surface area (Å²) in [5.74, 6) is -1.82. The summed E-state index contributed by atoms with van der Waals surface area (Å²) in [6.45, 7) is 3.20. The van der Waals surface area contributed by atoms with Crippen LogP contribution < -0.4 is 0 Å². The number of ether oxygens (including phenoxy) is 2. The molecular weight excluding hydrogens is 579 g/mol. The van der Waals surface area contributed by atoms with E-state index in [9.17, 15) is 29.5 Å². The van der Waals surface area contributed by atoms with Gasteiger partial charge in [0.2, 0.25) is 0 Å². The molecule has 1 fully saturated rings. The van der Waals surface area contributed by atoms with Gasteiger partial charge in [0.1, 0.15) is 6.61 Å². The van der Waals surface area contributed by atoms with Gasteiger partial charge in [0.05, 0.1) is 31.3 Å². The molecule has 0 spiro atoms. The molecule has 6 atom stereocenters. The first kappa shape index (κ1) is 39.4. The van der Waals surface area contributed by atoms with Crippen LogP contribution in [0, 0.1) is 11.8 Å². The lowest BCUT2D eigenvalue weighted by molar-refractivity contribution is -0.160. The quantitative estimate of drug-likeness (QED) is 0.0423. The van der Waals surface area contributed by atoms with E-state index in [1.165, 1.54) is 19.3 Å². The maximum Gasteiger partial charge on any atom is 0.469 e. The molecule has 1 aliphatic rings. The normalized spacial score (nSPS) is 22.3. The van der Waals surface area contributed by atoms with E-state index in [1.54, 1.807) is 24.3 Å². The lowest BCUT2D eigenvalue weighted by Gasteiger charge is -2.20. The van der Waals surface area contributed by atoms with Crippen LogP contribution in [0.2, 0.25) is 0 Å². The Balaban J connectivity index is 2.54. The zero-order valence-corrected chi connectivity index (χ0v) is 26.8. The fourth-order valence-corrected chi connectivity index (χ4v) is 5.47. The van der Waals surface area contributed by atoms with Gasteiger partial charge >= 0.3 is 19.8 Å². The average Bonchev–Trinajstić information content (AvgIpc) is 3.21. The number of hydrogen-bond acceptors (Lipinski definition) is 9. The second-order valence-electron chi connectivity index (χ2n) is 11.4. The second kappa shape index (κ2) is 22.8. The monoisotopic (exact) mass is 634 g/mol. The summed E-state index contributed by atoms with van der Waals surface area (Å²) in [5, 5.41) is 31.0. The van der Waals surface area contributed by atoms with Crippen LogP contribution >= 0.6 is 7.82 Å². The van der Waals surface area contributed by atoms with Crippen molar-refractivity contribution >= 4 is 19.8 Å². The summed E-state index contributed by atoms with van der Waals surface area (Å²) in [6, 6.07) is 0. The van der Waals surface area contributed by atoms with Gasteiger partial charge in [-0.15, -0.1) is 0 Å². The third-order valence-corrected chi connectivity index (χ3v) is 8.06. The van der Waals surface area contributed by atoms with Gasteiger partial charge in [-0.3, -0.25) is 14.1 Å². The molecule has 0 heterocycles. The van der Waals surface area contributed by atoms with Crippen LogP contribution in [-0.2, 0) is 28.2 Å². The number of carbonyl (C=O) groups excluding carboxylic acids is 2. The minimum absolute atomic E-state index is 0.166. The lowest BCUT2D eigenvalue weighted by atomic mass is 9.89. The highest BCUT2D eigenvalue weighted by molar-refractivity contribution is 7.46. The first-order chi connectivity index (χ1) is 20.5. The Morgan fingerprint density at radius 3 is 2.21 bits per heavy atom. The number of aliphatic hydroxyl groups is 3. The van der Waals surface area contributed by atoms with Gasteiger partial charge in [0.15, 0.2) is 6.10 Å². The van der Waals surface area contributed by atoms with Crippen LogP contribution in [0.1, 0.15) is 110 Å². The molecule has 0 radical (unpaired) electrons. The summed E-state index contributed by atoms with van der Waals surface area (Å²) in [6.07, 6.45) is 15.0. The van der Waals surface area contributed by atoms with E-state index in [1.807, 2.05) is 0 Å². The van der Waals surface area contributed by atoms with Gasteiger partial charge < -0.3 is 34.6 Å². The highest BCUT2D eigenvalue weighted by atomic mass is 31.2. The summed E-state index contributed by atoms with van der Waals surface area (Å²) >= 11 is 0. The Morgan fingerprint density at radius 1 is 0.884 bits per heavy atom. The van der Waals surface area contributed by atoms with Crippen molar-refractivity contribution in [1.82, 2.24) is 0 Å². The van der Waals surface area contributed by atoms with Crippen LogP contribution in [0.25, 0.3) is 0 Å². The van der Waals surface area contributed by atoms with E-state index in [2.05, 4.69) is 18.4 Å². The number of phosphoric ester groups is 1. The number of rotatable bonds is 24. The maximum absolute atomic E-state index is 12.4. The summed E-state index contributed by atoms with van der Waals surface area (Å²) < 4.78 is 26.0. The molecule has 11 nitrogen and oxygen atoms in total. The van der Waals surface area contributed by atoms with Crippen LogP contribution in [0.15, 0.2) is 24.3 Å². The molecule has 1 aliphatic carbocycles. The second-order valence-corrected chi connectivity index (χ2v) is 12.7. The zero-order chi connectivity index (χ0) is 32.1. The van der Waals surface area contributed by atoms with E-state index >= 15 is 0 Å². The minimum atomic E-state index is -4.83. The third kappa shape index (κ3) is 19.4.